The van der Waals surface area contributed by atoms with Crippen molar-refractivity contribution in [2.45, 2.75) is 12.7 Å². The average Bonchev–Trinajstić information content (AvgIpc) is 3.10. The van der Waals surface area contributed by atoms with Gasteiger partial charge in [-0.3, -0.25) is 14.9 Å². The minimum Gasteiger partial charge on any atom is -0.324 e. The predicted octanol–water partition coefficient (Wildman–Crippen LogP) is 4.16. The molecule has 1 heterocycles. The Hall–Kier alpha value is -3.47. The van der Waals surface area contributed by atoms with Gasteiger partial charge in [-0.1, -0.05) is 11.6 Å². The number of nitro groups is 1. The Kier molecular flexibility index (Phi) is 5.50. The number of carbonyl (C=O) groups excluding carboxylic acids is 1. The summed E-state index contributed by atoms with van der Waals surface area (Å²) in [5.41, 5.74) is -1.12. The SMILES string of the molecule is O=C(Cn1cnc(-c2ccc([N+](=O)[O-])cc2)n1)Nc1ccc(Cl)cc1C(F)(F)F. The molecule has 0 saturated carbocycles. The van der Waals surface area contributed by atoms with Crippen molar-refractivity contribution in [1.29, 1.82) is 0 Å². The van der Waals surface area contributed by atoms with E-state index in [1.807, 2.05) is 0 Å². The van der Waals surface area contributed by atoms with E-state index in [4.69, 9.17) is 11.6 Å². The molecule has 1 aromatic heterocycles. The van der Waals surface area contributed by atoms with E-state index in [0.717, 1.165) is 16.8 Å². The van der Waals surface area contributed by atoms with Crippen molar-refractivity contribution < 1.29 is 22.9 Å². The van der Waals surface area contributed by atoms with Crippen LogP contribution in [0.1, 0.15) is 5.56 Å². The maximum atomic E-state index is 13.1. The lowest BCUT2D eigenvalue weighted by atomic mass is 10.1. The van der Waals surface area contributed by atoms with Gasteiger partial charge in [0, 0.05) is 22.7 Å². The number of alkyl halides is 3. The van der Waals surface area contributed by atoms with E-state index in [1.165, 1.54) is 36.7 Å². The molecular formula is C17H11ClF3N5O3. The summed E-state index contributed by atoms with van der Waals surface area (Å²) in [5.74, 6) is -0.548. The first-order valence-corrected chi connectivity index (χ1v) is 8.32. The molecule has 0 aliphatic rings. The van der Waals surface area contributed by atoms with Gasteiger partial charge in [0.2, 0.25) is 5.91 Å². The van der Waals surface area contributed by atoms with Crippen molar-refractivity contribution >= 4 is 28.9 Å². The Morgan fingerprint density at radius 3 is 2.52 bits per heavy atom. The molecule has 0 unspecified atom stereocenters. The molecule has 150 valence electrons. The van der Waals surface area contributed by atoms with Gasteiger partial charge in [-0.2, -0.15) is 18.3 Å². The molecule has 29 heavy (non-hydrogen) atoms. The van der Waals surface area contributed by atoms with Crippen LogP contribution in [0.4, 0.5) is 24.5 Å². The highest BCUT2D eigenvalue weighted by atomic mass is 35.5. The largest absolute Gasteiger partial charge is 0.418 e. The normalized spacial score (nSPS) is 11.3. The highest BCUT2D eigenvalue weighted by Crippen LogP contribution is 2.36. The van der Waals surface area contributed by atoms with Crippen LogP contribution >= 0.6 is 11.6 Å². The van der Waals surface area contributed by atoms with E-state index in [0.29, 0.717) is 5.56 Å². The highest BCUT2D eigenvalue weighted by Gasteiger charge is 2.34. The topological polar surface area (TPSA) is 103 Å². The maximum Gasteiger partial charge on any atom is 0.418 e. The number of hydrogen-bond acceptors (Lipinski definition) is 5. The number of nitrogens with one attached hydrogen (secondary N) is 1. The molecule has 12 heteroatoms. The number of rotatable bonds is 5. The van der Waals surface area contributed by atoms with Gasteiger partial charge in [0.1, 0.15) is 12.9 Å². The number of anilines is 1. The maximum absolute atomic E-state index is 13.1. The second kappa shape index (κ2) is 7.87. The number of amides is 1. The number of non-ortho nitro benzene ring substituents is 1. The zero-order chi connectivity index (χ0) is 21.2. The summed E-state index contributed by atoms with van der Waals surface area (Å²) in [7, 11) is 0. The molecule has 0 aliphatic carbocycles. The zero-order valence-corrected chi connectivity index (χ0v) is 15.1. The van der Waals surface area contributed by atoms with Crippen LogP contribution in [0.3, 0.4) is 0 Å². The minimum atomic E-state index is -4.69. The molecule has 3 rings (SSSR count). The molecule has 0 bridgehead atoms. The van der Waals surface area contributed by atoms with Gasteiger partial charge < -0.3 is 5.32 Å². The van der Waals surface area contributed by atoms with Crippen LogP contribution in [0.15, 0.2) is 48.8 Å². The van der Waals surface area contributed by atoms with Gasteiger partial charge in [-0.15, -0.1) is 0 Å². The standard InChI is InChI=1S/C17H11ClF3N5O3/c18-11-3-6-14(13(7-11)17(19,20)21)23-15(27)8-25-9-22-16(24-25)10-1-4-12(5-2-10)26(28)29/h1-7,9H,8H2,(H,23,27). The van der Waals surface area contributed by atoms with E-state index >= 15 is 0 Å². The predicted molar refractivity (Wildman–Crippen MR) is 97.2 cm³/mol. The first-order chi connectivity index (χ1) is 13.6. The number of carbonyl (C=O) groups is 1. The summed E-state index contributed by atoms with van der Waals surface area (Å²) < 4.78 is 40.4. The molecule has 1 amide bonds. The van der Waals surface area contributed by atoms with Crippen LogP contribution in [0.2, 0.25) is 5.02 Å². The number of nitro benzene ring substituents is 1. The third kappa shape index (κ3) is 4.88. The molecule has 1 N–H and O–H groups in total. The Morgan fingerprint density at radius 2 is 1.90 bits per heavy atom. The first-order valence-electron chi connectivity index (χ1n) is 7.94. The Bertz CT molecular complexity index is 1070. The van der Waals surface area contributed by atoms with Gasteiger partial charge in [0.25, 0.3) is 5.69 Å². The molecule has 0 atom stereocenters. The fourth-order valence-electron chi connectivity index (χ4n) is 2.43. The van der Waals surface area contributed by atoms with E-state index in [1.54, 1.807) is 0 Å². The summed E-state index contributed by atoms with van der Waals surface area (Å²) in [5, 5.41) is 16.8. The number of hydrogen-bond donors (Lipinski definition) is 1. The molecule has 0 fully saturated rings. The molecule has 0 radical (unpaired) electrons. The molecule has 2 aromatic carbocycles. The van der Waals surface area contributed by atoms with Gasteiger partial charge in [-0.25, -0.2) is 9.67 Å². The Morgan fingerprint density at radius 1 is 1.21 bits per heavy atom. The van der Waals surface area contributed by atoms with Crippen molar-refractivity contribution in [1.82, 2.24) is 14.8 Å². The smallest absolute Gasteiger partial charge is 0.324 e. The number of halogens is 4. The zero-order valence-electron chi connectivity index (χ0n) is 14.4. The van der Waals surface area contributed by atoms with Crippen LogP contribution in [0, 0.1) is 10.1 Å². The fourth-order valence-corrected chi connectivity index (χ4v) is 2.60. The third-order valence-electron chi connectivity index (χ3n) is 3.74. The van der Waals surface area contributed by atoms with Crippen LogP contribution < -0.4 is 5.32 Å². The first kappa shape index (κ1) is 20.3. The summed E-state index contributed by atoms with van der Waals surface area (Å²) in [6, 6.07) is 8.47. The minimum absolute atomic E-state index is 0.101. The molecule has 8 nitrogen and oxygen atoms in total. The summed E-state index contributed by atoms with van der Waals surface area (Å²) in [6.07, 6.45) is -3.47. The van der Waals surface area contributed by atoms with Crippen LogP contribution in [-0.2, 0) is 17.5 Å². The van der Waals surface area contributed by atoms with Crippen LogP contribution in [0.25, 0.3) is 11.4 Å². The van der Waals surface area contributed by atoms with E-state index < -0.39 is 28.3 Å². The van der Waals surface area contributed by atoms with E-state index in [-0.39, 0.29) is 23.1 Å². The quantitative estimate of drug-likeness (QED) is 0.488. The molecule has 0 spiro atoms. The van der Waals surface area contributed by atoms with Crippen molar-refractivity contribution in [3.63, 3.8) is 0 Å². The molecule has 0 saturated heterocycles. The van der Waals surface area contributed by atoms with Crippen LogP contribution in [0.5, 0.6) is 0 Å². The van der Waals surface area contributed by atoms with Crippen molar-refractivity contribution in [2.24, 2.45) is 0 Å². The van der Waals surface area contributed by atoms with Crippen molar-refractivity contribution in [2.75, 3.05) is 5.32 Å². The lowest BCUT2D eigenvalue weighted by Crippen LogP contribution is -2.21. The average molecular weight is 426 g/mol. The Balaban J connectivity index is 1.72. The van der Waals surface area contributed by atoms with Crippen molar-refractivity contribution in [3.8, 4) is 11.4 Å². The summed E-state index contributed by atoms with van der Waals surface area (Å²) in [4.78, 5) is 26.3. The van der Waals surface area contributed by atoms with Gasteiger partial charge >= 0.3 is 6.18 Å². The summed E-state index contributed by atoms with van der Waals surface area (Å²) in [6.45, 7) is -0.389. The lowest BCUT2D eigenvalue weighted by molar-refractivity contribution is -0.384. The van der Waals surface area contributed by atoms with Crippen molar-refractivity contribution in [3.05, 3.63) is 69.5 Å². The second-order valence-electron chi connectivity index (χ2n) is 5.81. The molecule has 0 aliphatic heterocycles. The number of benzene rings is 2. The number of nitrogens with zero attached hydrogens (tertiary/aromatic N) is 4. The summed E-state index contributed by atoms with van der Waals surface area (Å²) >= 11 is 5.60. The van der Waals surface area contributed by atoms with E-state index in [2.05, 4.69) is 15.4 Å². The Labute approximate surface area is 166 Å². The van der Waals surface area contributed by atoms with Crippen LogP contribution in [-0.4, -0.2) is 25.6 Å². The third-order valence-corrected chi connectivity index (χ3v) is 3.97. The second-order valence-corrected chi connectivity index (χ2v) is 6.24. The highest BCUT2D eigenvalue weighted by molar-refractivity contribution is 6.30. The van der Waals surface area contributed by atoms with Gasteiger partial charge in [0.15, 0.2) is 5.82 Å². The van der Waals surface area contributed by atoms with Gasteiger partial charge in [0.05, 0.1) is 16.2 Å². The monoisotopic (exact) mass is 425 g/mol. The molecule has 3 aromatic rings. The molecular weight excluding hydrogens is 415 g/mol. The van der Waals surface area contributed by atoms with E-state index in [9.17, 15) is 28.1 Å². The lowest BCUT2D eigenvalue weighted by Gasteiger charge is -2.14. The van der Waals surface area contributed by atoms with Gasteiger partial charge in [-0.05, 0) is 30.3 Å². The fraction of sp³-hybridized carbons (Fsp3) is 0.118. The number of aromatic nitrogens is 3.